The Morgan fingerprint density at radius 1 is 0.963 bits per heavy atom. The summed E-state index contributed by atoms with van der Waals surface area (Å²) in [5.41, 5.74) is 2.23. The zero-order valence-corrected chi connectivity index (χ0v) is 15.8. The number of nitrogens with one attached hydrogen (secondary N) is 1. The molecular formula is C21H24N4O2. The zero-order valence-electron chi connectivity index (χ0n) is 15.8. The highest BCUT2D eigenvalue weighted by Gasteiger charge is 2.07. The van der Waals surface area contributed by atoms with E-state index in [0.29, 0.717) is 12.5 Å². The lowest BCUT2D eigenvalue weighted by molar-refractivity contribution is 0.354. The first-order chi connectivity index (χ1) is 13.2. The molecule has 27 heavy (non-hydrogen) atoms. The molecule has 0 bridgehead atoms. The molecule has 6 heteroatoms. The molecule has 3 rings (SSSR count). The molecule has 0 saturated heterocycles. The molecule has 0 radical (unpaired) electrons. The smallest absolute Gasteiger partial charge is 0.224 e. The number of ether oxygens (including phenoxy) is 2. The van der Waals surface area contributed by atoms with E-state index < -0.39 is 0 Å². The lowest BCUT2D eigenvalue weighted by atomic mass is 10.1. The quantitative estimate of drug-likeness (QED) is 0.654. The third kappa shape index (κ3) is 4.67. The van der Waals surface area contributed by atoms with E-state index in [1.807, 2.05) is 66.5 Å². The maximum atomic E-state index is 5.35. The fourth-order valence-corrected chi connectivity index (χ4v) is 2.76. The van der Waals surface area contributed by atoms with Crippen LogP contribution in [0.4, 0.5) is 17.5 Å². The Morgan fingerprint density at radius 2 is 1.74 bits per heavy atom. The summed E-state index contributed by atoms with van der Waals surface area (Å²) in [4.78, 5) is 10.9. The summed E-state index contributed by atoms with van der Waals surface area (Å²) in [6, 6.07) is 17.9. The number of para-hydroxylation sites is 1. The lowest BCUT2D eigenvalue weighted by Crippen LogP contribution is -2.14. The molecule has 6 nitrogen and oxygen atoms in total. The van der Waals surface area contributed by atoms with Gasteiger partial charge >= 0.3 is 0 Å². The number of rotatable bonds is 8. The van der Waals surface area contributed by atoms with Gasteiger partial charge in [0, 0.05) is 25.5 Å². The number of hydrogen-bond acceptors (Lipinski definition) is 6. The molecule has 1 aromatic heterocycles. The molecule has 0 fully saturated rings. The van der Waals surface area contributed by atoms with Crippen molar-refractivity contribution in [3.63, 3.8) is 0 Å². The molecule has 2 aromatic carbocycles. The number of nitrogens with zero attached hydrogens (tertiary/aromatic N) is 3. The normalized spacial score (nSPS) is 10.3. The van der Waals surface area contributed by atoms with Crippen molar-refractivity contribution < 1.29 is 9.47 Å². The van der Waals surface area contributed by atoms with Gasteiger partial charge in [0.25, 0.3) is 0 Å². The van der Waals surface area contributed by atoms with Crippen LogP contribution in [0.3, 0.4) is 0 Å². The van der Waals surface area contributed by atoms with Crippen molar-refractivity contribution in [1.29, 1.82) is 0 Å². The Morgan fingerprint density at radius 3 is 2.48 bits per heavy atom. The molecule has 1 heterocycles. The topological polar surface area (TPSA) is 59.5 Å². The summed E-state index contributed by atoms with van der Waals surface area (Å²) < 4.78 is 10.6. The number of anilines is 3. The Hall–Kier alpha value is -3.28. The van der Waals surface area contributed by atoms with Crippen LogP contribution >= 0.6 is 0 Å². The Kier molecular flexibility index (Phi) is 6.10. The molecular weight excluding hydrogens is 340 g/mol. The number of methoxy groups -OCH3 is 2. The summed E-state index contributed by atoms with van der Waals surface area (Å²) in [5.74, 6) is 2.91. The van der Waals surface area contributed by atoms with E-state index in [1.165, 1.54) is 0 Å². The predicted molar refractivity (Wildman–Crippen MR) is 108 cm³/mol. The number of hydrogen-bond donors (Lipinski definition) is 1. The van der Waals surface area contributed by atoms with Crippen molar-refractivity contribution in [1.82, 2.24) is 9.97 Å². The first-order valence-electron chi connectivity index (χ1n) is 8.78. The van der Waals surface area contributed by atoms with Gasteiger partial charge in [-0.15, -0.1) is 0 Å². The second-order valence-corrected chi connectivity index (χ2v) is 6.00. The molecule has 0 aliphatic heterocycles. The minimum Gasteiger partial charge on any atom is -0.493 e. The van der Waals surface area contributed by atoms with Gasteiger partial charge in [0.05, 0.1) is 14.2 Å². The monoisotopic (exact) mass is 364 g/mol. The largest absolute Gasteiger partial charge is 0.493 e. The highest BCUT2D eigenvalue weighted by Crippen LogP contribution is 2.27. The van der Waals surface area contributed by atoms with Crippen LogP contribution in [0.25, 0.3) is 0 Å². The van der Waals surface area contributed by atoms with E-state index in [-0.39, 0.29) is 0 Å². The van der Waals surface area contributed by atoms with Crippen LogP contribution in [0.5, 0.6) is 11.5 Å². The standard InChI is InChI=1S/C21H24N4O2/c1-25(17-7-5-4-6-8-17)20-12-14-23-21(24-20)22-13-11-16-9-10-18(26-2)19(15-16)27-3/h4-10,12,14-15H,11,13H2,1-3H3,(H,22,23,24). The van der Waals surface area contributed by atoms with Crippen LogP contribution in [0, 0.1) is 0 Å². The van der Waals surface area contributed by atoms with E-state index in [0.717, 1.165) is 35.0 Å². The molecule has 0 aliphatic rings. The van der Waals surface area contributed by atoms with Crippen molar-refractivity contribution in [2.24, 2.45) is 0 Å². The first-order valence-corrected chi connectivity index (χ1v) is 8.78. The van der Waals surface area contributed by atoms with Gasteiger partial charge in [-0.3, -0.25) is 0 Å². The third-order valence-corrected chi connectivity index (χ3v) is 4.27. The van der Waals surface area contributed by atoms with E-state index in [1.54, 1.807) is 20.4 Å². The van der Waals surface area contributed by atoms with Crippen LogP contribution in [-0.4, -0.2) is 37.8 Å². The molecule has 140 valence electrons. The van der Waals surface area contributed by atoms with Crippen molar-refractivity contribution in [2.75, 3.05) is 38.0 Å². The van der Waals surface area contributed by atoms with Gasteiger partial charge in [-0.25, -0.2) is 4.98 Å². The molecule has 0 saturated carbocycles. The summed E-state index contributed by atoms with van der Waals surface area (Å²) in [6.07, 6.45) is 2.59. The SMILES string of the molecule is COc1ccc(CCNc2nccc(N(C)c3ccccc3)n2)cc1OC. The van der Waals surface area contributed by atoms with Gasteiger partial charge in [0.1, 0.15) is 5.82 Å². The summed E-state index contributed by atoms with van der Waals surface area (Å²) in [6.45, 7) is 0.716. The highest BCUT2D eigenvalue weighted by atomic mass is 16.5. The average Bonchev–Trinajstić information content (AvgIpc) is 2.74. The van der Waals surface area contributed by atoms with Gasteiger partial charge < -0.3 is 19.7 Å². The Labute approximate surface area is 159 Å². The predicted octanol–water partition coefficient (Wildman–Crippen LogP) is 3.92. The zero-order chi connectivity index (χ0) is 19.1. The maximum absolute atomic E-state index is 5.35. The Bertz CT molecular complexity index is 871. The van der Waals surface area contributed by atoms with E-state index in [2.05, 4.69) is 15.3 Å². The van der Waals surface area contributed by atoms with Crippen LogP contribution < -0.4 is 19.7 Å². The number of benzene rings is 2. The van der Waals surface area contributed by atoms with Crippen molar-refractivity contribution in [3.8, 4) is 11.5 Å². The second kappa shape index (κ2) is 8.89. The first kappa shape index (κ1) is 18.5. The van der Waals surface area contributed by atoms with E-state index >= 15 is 0 Å². The van der Waals surface area contributed by atoms with Gasteiger partial charge in [-0.05, 0) is 42.3 Å². The number of aromatic nitrogens is 2. The molecule has 1 N–H and O–H groups in total. The minimum atomic E-state index is 0.607. The van der Waals surface area contributed by atoms with Crippen molar-refractivity contribution in [3.05, 3.63) is 66.4 Å². The van der Waals surface area contributed by atoms with Crippen LogP contribution in [0.15, 0.2) is 60.8 Å². The summed E-state index contributed by atoms with van der Waals surface area (Å²) in [7, 11) is 5.27. The van der Waals surface area contributed by atoms with Crippen molar-refractivity contribution >= 4 is 17.5 Å². The molecule has 0 spiro atoms. The second-order valence-electron chi connectivity index (χ2n) is 6.00. The van der Waals surface area contributed by atoms with Crippen LogP contribution in [-0.2, 0) is 6.42 Å². The fraction of sp³-hybridized carbons (Fsp3) is 0.238. The molecule has 0 atom stereocenters. The van der Waals surface area contributed by atoms with E-state index in [4.69, 9.17) is 9.47 Å². The van der Waals surface area contributed by atoms with Gasteiger partial charge in [0.2, 0.25) is 5.95 Å². The van der Waals surface area contributed by atoms with Crippen molar-refractivity contribution in [2.45, 2.75) is 6.42 Å². The van der Waals surface area contributed by atoms with Gasteiger partial charge in [-0.1, -0.05) is 24.3 Å². The van der Waals surface area contributed by atoms with Crippen LogP contribution in [0.1, 0.15) is 5.56 Å². The third-order valence-electron chi connectivity index (χ3n) is 4.27. The average molecular weight is 364 g/mol. The lowest BCUT2D eigenvalue weighted by Gasteiger charge is -2.18. The van der Waals surface area contributed by atoms with Gasteiger partial charge in [0.15, 0.2) is 11.5 Å². The molecule has 0 aliphatic carbocycles. The van der Waals surface area contributed by atoms with Crippen LogP contribution in [0.2, 0.25) is 0 Å². The molecule has 3 aromatic rings. The summed E-state index contributed by atoms with van der Waals surface area (Å²) in [5, 5.41) is 3.28. The fourth-order valence-electron chi connectivity index (χ4n) is 2.76. The summed E-state index contributed by atoms with van der Waals surface area (Å²) >= 11 is 0. The molecule has 0 unspecified atom stereocenters. The maximum Gasteiger partial charge on any atom is 0.224 e. The highest BCUT2D eigenvalue weighted by molar-refractivity contribution is 5.59. The Balaban J connectivity index is 1.62. The molecule has 0 amide bonds. The van der Waals surface area contributed by atoms with E-state index in [9.17, 15) is 0 Å². The minimum absolute atomic E-state index is 0.607. The van der Waals surface area contributed by atoms with Gasteiger partial charge in [-0.2, -0.15) is 4.98 Å².